The number of benzene rings is 1. The topological polar surface area (TPSA) is 38.9 Å². The van der Waals surface area contributed by atoms with Crippen molar-refractivity contribution in [2.24, 2.45) is 0 Å². The highest BCUT2D eigenvalue weighted by Gasteiger charge is 2.06. The molecule has 2 rings (SSSR count). The molecule has 88 valence electrons. The molecular formula is C14H16N2S. The van der Waals surface area contributed by atoms with Gasteiger partial charge in [0.15, 0.2) is 0 Å². The van der Waals surface area contributed by atoms with Crippen molar-refractivity contribution in [2.45, 2.75) is 30.7 Å². The molecule has 0 aliphatic heterocycles. The molecule has 1 aromatic heterocycles. The highest BCUT2D eigenvalue weighted by atomic mass is 32.2. The molecule has 2 aromatic rings. The van der Waals surface area contributed by atoms with Gasteiger partial charge in [-0.2, -0.15) is 0 Å². The van der Waals surface area contributed by atoms with Crippen LogP contribution in [0.4, 0.5) is 5.69 Å². The molecule has 0 spiro atoms. The highest BCUT2D eigenvalue weighted by Crippen LogP contribution is 2.32. The minimum atomic E-state index is 0.745. The predicted molar refractivity (Wildman–Crippen MR) is 73.4 cm³/mol. The van der Waals surface area contributed by atoms with Gasteiger partial charge >= 0.3 is 0 Å². The van der Waals surface area contributed by atoms with Gasteiger partial charge in [-0.05, 0) is 44.0 Å². The van der Waals surface area contributed by atoms with E-state index in [1.54, 1.807) is 11.8 Å². The molecule has 2 N–H and O–H groups in total. The summed E-state index contributed by atoms with van der Waals surface area (Å²) in [6.45, 7) is 6.20. The van der Waals surface area contributed by atoms with E-state index in [1.165, 1.54) is 16.0 Å². The summed E-state index contributed by atoms with van der Waals surface area (Å²) in [7, 11) is 0. The van der Waals surface area contributed by atoms with Crippen molar-refractivity contribution in [1.29, 1.82) is 0 Å². The number of pyridine rings is 1. The van der Waals surface area contributed by atoms with Crippen molar-refractivity contribution in [3.8, 4) is 0 Å². The molecule has 0 saturated carbocycles. The largest absolute Gasteiger partial charge is 0.397 e. The van der Waals surface area contributed by atoms with Gasteiger partial charge in [0.05, 0.1) is 5.69 Å². The van der Waals surface area contributed by atoms with Crippen molar-refractivity contribution in [2.75, 3.05) is 5.73 Å². The molecular weight excluding hydrogens is 228 g/mol. The standard InChI is InChI=1S/C14H16N2S/c1-9-4-5-13(11(3)6-9)17-14-12(15)7-10(2)8-16-14/h4-8H,15H2,1-3H3. The fraction of sp³-hybridized carbons (Fsp3) is 0.214. The third kappa shape index (κ3) is 2.80. The number of nitrogens with two attached hydrogens (primary N) is 1. The minimum Gasteiger partial charge on any atom is -0.397 e. The van der Waals surface area contributed by atoms with E-state index in [1.807, 2.05) is 19.2 Å². The maximum atomic E-state index is 5.97. The summed E-state index contributed by atoms with van der Waals surface area (Å²) in [4.78, 5) is 5.58. The van der Waals surface area contributed by atoms with Gasteiger partial charge in [0.25, 0.3) is 0 Å². The van der Waals surface area contributed by atoms with Gasteiger partial charge in [0.2, 0.25) is 0 Å². The Morgan fingerprint density at radius 3 is 2.47 bits per heavy atom. The first-order valence-electron chi connectivity index (χ1n) is 5.53. The van der Waals surface area contributed by atoms with E-state index in [0.717, 1.165) is 16.3 Å². The average molecular weight is 244 g/mol. The van der Waals surface area contributed by atoms with E-state index < -0.39 is 0 Å². The second kappa shape index (κ2) is 4.80. The van der Waals surface area contributed by atoms with Crippen LogP contribution in [0, 0.1) is 20.8 Å². The molecule has 1 aromatic carbocycles. The molecule has 0 amide bonds. The third-order valence-electron chi connectivity index (χ3n) is 2.55. The normalized spacial score (nSPS) is 10.5. The maximum absolute atomic E-state index is 5.97. The molecule has 0 unspecified atom stereocenters. The van der Waals surface area contributed by atoms with Gasteiger partial charge in [-0.15, -0.1) is 0 Å². The van der Waals surface area contributed by atoms with Crippen LogP contribution < -0.4 is 5.73 Å². The van der Waals surface area contributed by atoms with Crippen molar-refractivity contribution in [3.63, 3.8) is 0 Å². The molecule has 0 saturated heterocycles. The minimum absolute atomic E-state index is 0.745. The van der Waals surface area contributed by atoms with E-state index in [9.17, 15) is 0 Å². The molecule has 0 aliphatic carbocycles. The van der Waals surface area contributed by atoms with Crippen LogP contribution in [-0.2, 0) is 0 Å². The van der Waals surface area contributed by atoms with Gasteiger partial charge < -0.3 is 5.73 Å². The fourth-order valence-electron chi connectivity index (χ4n) is 1.68. The molecule has 0 radical (unpaired) electrons. The van der Waals surface area contributed by atoms with Crippen LogP contribution in [0.5, 0.6) is 0 Å². The number of aryl methyl sites for hydroxylation is 3. The summed E-state index contributed by atoms with van der Waals surface area (Å²) >= 11 is 1.62. The van der Waals surface area contributed by atoms with Gasteiger partial charge in [0, 0.05) is 11.1 Å². The lowest BCUT2D eigenvalue weighted by atomic mass is 10.2. The molecule has 0 aliphatic rings. The molecule has 0 fully saturated rings. The second-order valence-electron chi connectivity index (χ2n) is 4.28. The second-order valence-corrected chi connectivity index (χ2v) is 5.31. The Morgan fingerprint density at radius 2 is 1.82 bits per heavy atom. The van der Waals surface area contributed by atoms with E-state index >= 15 is 0 Å². The molecule has 1 heterocycles. The molecule has 0 atom stereocenters. The Balaban J connectivity index is 2.31. The van der Waals surface area contributed by atoms with Crippen LogP contribution in [-0.4, -0.2) is 4.98 Å². The molecule has 0 bridgehead atoms. The lowest BCUT2D eigenvalue weighted by Crippen LogP contribution is -1.93. The van der Waals surface area contributed by atoms with Gasteiger partial charge in [-0.25, -0.2) is 4.98 Å². The lowest BCUT2D eigenvalue weighted by Gasteiger charge is -2.08. The zero-order valence-electron chi connectivity index (χ0n) is 10.3. The number of rotatable bonds is 2. The van der Waals surface area contributed by atoms with Crippen LogP contribution >= 0.6 is 11.8 Å². The lowest BCUT2D eigenvalue weighted by molar-refractivity contribution is 1.11. The van der Waals surface area contributed by atoms with Gasteiger partial charge in [0.1, 0.15) is 5.03 Å². The Bertz CT molecular complexity index is 500. The van der Waals surface area contributed by atoms with Crippen LogP contribution in [0.2, 0.25) is 0 Å². The summed E-state index contributed by atoms with van der Waals surface area (Å²) in [6, 6.07) is 8.36. The molecule has 17 heavy (non-hydrogen) atoms. The zero-order chi connectivity index (χ0) is 12.4. The highest BCUT2D eigenvalue weighted by molar-refractivity contribution is 7.99. The van der Waals surface area contributed by atoms with Crippen molar-refractivity contribution in [3.05, 3.63) is 47.2 Å². The zero-order valence-corrected chi connectivity index (χ0v) is 11.1. The summed E-state index contributed by atoms with van der Waals surface area (Å²) in [6.07, 6.45) is 1.85. The molecule has 3 heteroatoms. The summed E-state index contributed by atoms with van der Waals surface area (Å²) < 4.78 is 0. The molecule has 2 nitrogen and oxygen atoms in total. The maximum Gasteiger partial charge on any atom is 0.124 e. The van der Waals surface area contributed by atoms with Crippen LogP contribution in [0.15, 0.2) is 40.4 Å². The number of aromatic nitrogens is 1. The van der Waals surface area contributed by atoms with Crippen LogP contribution in [0.25, 0.3) is 0 Å². The van der Waals surface area contributed by atoms with Gasteiger partial charge in [-0.1, -0.05) is 29.5 Å². The Kier molecular flexibility index (Phi) is 3.38. The summed E-state index contributed by atoms with van der Waals surface area (Å²) in [5, 5.41) is 0.877. The quantitative estimate of drug-likeness (QED) is 0.874. The van der Waals surface area contributed by atoms with Crippen LogP contribution in [0.1, 0.15) is 16.7 Å². The average Bonchev–Trinajstić information content (AvgIpc) is 2.25. The predicted octanol–water partition coefficient (Wildman–Crippen LogP) is 3.74. The van der Waals surface area contributed by atoms with E-state index in [0.29, 0.717) is 0 Å². The fourth-order valence-corrected chi connectivity index (χ4v) is 2.53. The Labute approximate surface area is 106 Å². The number of nitrogens with zero attached hydrogens (tertiary/aromatic N) is 1. The number of nitrogen functional groups attached to an aromatic ring is 1. The summed E-state index contributed by atoms with van der Waals surface area (Å²) in [5.74, 6) is 0. The van der Waals surface area contributed by atoms with E-state index in [2.05, 4.69) is 37.0 Å². The Morgan fingerprint density at radius 1 is 1.06 bits per heavy atom. The monoisotopic (exact) mass is 244 g/mol. The first-order chi connectivity index (χ1) is 8.06. The SMILES string of the molecule is Cc1ccc(Sc2ncc(C)cc2N)c(C)c1. The third-order valence-corrected chi connectivity index (χ3v) is 3.77. The van der Waals surface area contributed by atoms with Crippen LogP contribution in [0.3, 0.4) is 0 Å². The first kappa shape index (κ1) is 12.0. The number of anilines is 1. The van der Waals surface area contributed by atoms with Crippen molar-refractivity contribution >= 4 is 17.4 Å². The number of hydrogen-bond acceptors (Lipinski definition) is 3. The van der Waals surface area contributed by atoms with E-state index in [-0.39, 0.29) is 0 Å². The summed E-state index contributed by atoms with van der Waals surface area (Å²) in [5.41, 5.74) is 10.3. The first-order valence-corrected chi connectivity index (χ1v) is 6.35. The smallest absolute Gasteiger partial charge is 0.124 e. The van der Waals surface area contributed by atoms with Gasteiger partial charge in [-0.3, -0.25) is 0 Å². The van der Waals surface area contributed by atoms with Crippen molar-refractivity contribution < 1.29 is 0 Å². The Hall–Kier alpha value is -1.48. The van der Waals surface area contributed by atoms with E-state index in [4.69, 9.17) is 5.73 Å². The number of hydrogen-bond donors (Lipinski definition) is 1. The van der Waals surface area contributed by atoms with Crippen molar-refractivity contribution in [1.82, 2.24) is 4.98 Å².